The number of carboxylic acids is 1. The fourth-order valence-corrected chi connectivity index (χ4v) is 2.11. The third kappa shape index (κ3) is 5.65. The number of hydrogen-bond acceptors (Lipinski definition) is 5. The van der Waals surface area contributed by atoms with Crippen LogP contribution in [0.1, 0.15) is 19.8 Å². The standard InChI is InChI=1S/C11H17N3O2S/c1-2-4-13-9(11(15)16)3-7-17-10-8-12-5-6-14-10/h5-6,8-9,13H,2-4,7H2,1H3,(H,15,16). The van der Waals surface area contributed by atoms with Crippen LogP contribution in [0, 0.1) is 0 Å². The van der Waals surface area contributed by atoms with Crippen molar-refractivity contribution in [3.63, 3.8) is 0 Å². The largest absolute Gasteiger partial charge is 0.480 e. The van der Waals surface area contributed by atoms with E-state index in [0.717, 1.165) is 18.0 Å². The number of carboxylic acid groups (broad SMARTS) is 1. The molecule has 1 aromatic rings. The molecule has 1 atom stereocenters. The van der Waals surface area contributed by atoms with Crippen LogP contribution in [0.25, 0.3) is 0 Å². The van der Waals surface area contributed by atoms with Crippen molar-refractivity contribution < 1.29 is 9.90 Å². The molecule has 0 radical (unpaired) electrons. The lowest BCUT2D eigenvalue weighted by molar-refractivity contribution is -0.139. The summed E-state index contributed by atoms with van der Waals surface area (Å²) in [5, 5.41) is 12.8. The predicted octanol–water partition coefficient (Wildman–Crippen LogP) is 1.41. The van der Waals surface area contributed by atoms with E-state index in [9.17, 15) is 4.79 Å². The van der Waals surface area contributed by atoms with Gasteiger partial charge in [0, 0.05) is 18.1 Å². The maximum atomic E-state index is 10.9. The molecule has 2 N–H and O–H groups in total. The SMILES string of the molecule is CCCNC(CCSc1cnccn1)C(=O)O. The minimum atomic E-state index is -0.793. The lowest BCUT2D eigenvalue weighted by Gasteiger charge is -2.12. The van der Waals surface area contributed by atoms with E-state index in [4.69, 9.17) is 5.11 Å². The van der Waals surface area contributed by atoms with Crippen LogP contribution in [0.5, 0.6) is 0 Å². The van der Waals surface area contributed by atoms with Gasteiger partial charge >= 0.3 is 5.97 Å². The summed E-state index contributed by atoms with van der Waals surface area (Å²) in [6.45, 7) is 2.74. The van der Waals surface area contributed by atoms with Crippen LogP contribution in [0.3, 0.4) is 0 Å². The van der Waals surface area contributed by atoms with Gasteiger partial charge in [-0.2, -0.15) is 0 Å². The van der Waals surface area contributed by atoms with Gasteiger partial charge in [0.15, 0.2) is 0 Å². The predicted molar refractivity (Wildman–Crippen MR) is 67.1 cm³/mol. The van der Waals surface area contributed by atoms with Crippen molar-refractivity contribution in [2.75, 3.05) is 12.3 Å². The van der Waals surface area contributed by atoms with Crippen molar-refractivity contribution in [1.29, 1.82) is 0 Å². The quantitative estimate of drug-likeness (QED) is 0.684. The molecule has 17 heavy (non-hydrogen) atoms. The number of nitrogens with zero attached hydrogens (tertiary/aromatic N) is 2. The Morgan fingerprint density at radius 3 is 3.00 bits per heavy atom. The molecule has 0 spiro atoms. The molecule has 6 heteroatoms. The van der Waals surface area contributed by atoms with Gasteiger partial charge in [-0.15, -0.1) is 11.8 Å². The summed E-state index contributed by atoms with van der Waals surface area (Å²) in [7, 11) is 0. The number of rotatable bonds is 8. The molecule has 1 unspecified atom stereocenters. The van der Waals surface area contributed by atoms with Gasteiger partial charge in [-0.05, 0) is 19.4 Å². The van der Waals surface area contributed by atoms with Gasteiger partial charge in [0.25, 0.3) is 0 Å². The molecule has 1 rings (SSSR count). The van der Waals surface area contributed by atoms with Gasteiger partial charge in [-0.3, -0.25) is 9.78 Å². The Hall–Kier alpha value is -1.14. The Morgan fingerprint density at radius 1 is 1.59 bits per heavy atom. The molecule has 94 valence electrons. The highest BCUT2D eigenvalue weighted by molar-refractivity contribution is 7.99. The van der Waals surface area contributed by atoms with Crippen molar-refractivity contribution in [1.82, 2.24) is 15.3 Å². The topological polar surface area (TPSA) is 75.1 Å². The highest BCUT2D eigenvalue weighted by atomic mass is 32.2. The highest BCUT2D eigenvalue weighted by Gasteiger charge is 2.15. The summed E-state index contributed by atoms with van der Waals surface area (Å²) in [5.74, 6) is -0.0787. The molecule has 0 aromatic carbocycles. The second-order valence-corrected chi connectivity index (χ2v) is 4.64. The molecule has 0 fully saturated rings. The number of carbonyl (C=O) groups is 1. The minimum absolute atomic E-state index is 0.473. The van der Waals surface area contributed by atoms with Crippen LogP contribution in [0.15, 0.2) is 23.6 Å². The molecule has 0 aliphatic carbocycles. The highest BCUT2D eigenvalue weighted by Crippen LogP contribution is 2.14. The molecular weight excluding hydrogens is 238 g/mol. The van der Waals surface area contributed by atoms with Crippen LogP contribution in [-0.4, -0.2) is 39.4 Å². The summed E-state index contributed by atoms with van der Waals surface area (Å²) in [6.07, 6.45) is 6.44. The molecule has 0 aliphatic heterocycles. The van der Waals surface area contributed by atoms with Crippen LogP contribution < -0.4 is 5.32 Å². The monoisotopic (exact) mass is 255 g/mol. The first-order chi connectivity index (χ1) is 8.24. The Balaban J connectivity index is 2.29. The van der Waals surface area contributed by atoms with E-state index >= 15 is 0 Å². The zero-order valence-electron chi connectivity index (χ0n) is 9.80. The van der Waals surface area contributed by atoms with Crippen molar-refractivity contribution in [2.24, 2.45) is 0 Å². The van der Waals surface area contributed by atoms with E-state index < -0.39 is 12.0 Å². The van der Waals surface area contributed by atoms with Gasteiger partial charge < -0.3 is 10.4 Å². The van der Waals surface area contributed by atoms with Crippen LogP contribution >= 0.6 is 11.8 Å². The van der Waals surface area contributed by atoms with Crippen molar-refractivity contribution in [3.05, 3.63) is 18.6 Å². The normalized spacial score (nSPS) is 12.3. The van der Waals surface area contributed by atoms with Crippen LogP contribution in [-0.2, 0) is 4.79 Å². The fourth-order valence-electron chi connectivity index (χ4n) is 1.27. The molecule has 1 aromatic heterocycles. The minimum Gasteiger partial charge on any atom is -0.480 e. The summed E-state index contributed by atoms with van der Waals surface area (Å²) < 4.78 is 0. The average Bonchev–Trinajstić information content (AvgIpc) is 2.34. The van der Waals surface area contributed by atoms with E-state index in [1.165, 1.54) is 11.8 Å². The first-order valence-electron chi connectivity index (χ1n) is 5.59. The van der Waals surface area contributed by atoms with Gasteiger partial charge in [0.2, 0.25) is 0 Å². The Labute approximate surface area is 105 Å². The number of hydrogen-bond donors (Lipinski definition) is 2. The summed E-state index contributed by atoms with van der Waals surface area (Å²) in [6, 6.07) is -0.473. The summed E-state index contributed by atoms with van der Waals surface area (Å²) in [5.41, 5.74) is 0. The molecule has 0 saturated heterocycles. The first kappa shape index (κ1) is 13.9. The van der Waals surface area contributed by atoms with E-state index in [-0.39, 0.29) is 0 Å². The second kappa shape index (κ2) is 8.03. The Bertz CT molecular complexity index is 335. The van der Waals surface area contributed by atoms with Gasteiger partial charge in [0.05, 0.1) is 6.20 Å². The van der Waals surface area contributed by atoms with Crippen LogP contribution in [0.4, 0.5) is 0 Å². The molecular formula is C11H17N3O2S. The molecule has 0 saturated carbocycles. The number of aromatic nitrogens is 2. The van der Waals surface area contributed by atoms with Gasteiger partial charge in [0.1, 0.15) is 11.1 Å². The zero-order valence-corrected chi connectivity index (χ0v) is 10.6. The number of aliphatic carboxylic acids is 1. The third-order valence-electron chi connectivity index (χ3n) is 2.13. The Morgan fingerprint density at radius 2 is 2.41 bits per heavy atom. The molecule has 0 amide bonds. The van der Waals surface area contributed by atoms with E-state index in [1.54, 1.807) is 18.6 Å². The lowest BCUT2D eigenvalue weighted by Crippen LogP contribution is -2.37. The summed E-state index contributed by atoms with van der Waals surface area (Å²) >= 11 is 1.52. The molecule has 1 heterocycles. The average molecular weight is 255 g/mol. The maximum absolute atomic E-state index is 10.9. The Kier molecular flexibility index (Phi) is 6.57. The molecule has 5 nitrogen and oxygen atoms in total. The fraction of sp³-hybridized carbons (Fsp3) is 0.545. The van der Waals surface area contributed by atoms with E-state index in [0.29, 0.717) is 12.2 Å². The van der Waals surface area contributed by atoms with Crippen molar-refractivity contribution >= 4 is 17.7 Å². The molecule has 0 aliphatic rings. The summed E-state index contributed by atoms with van der Waals surface area (Å²) in [4.78, 5) is 19.0. The first-order valence-corrected chi connectivity index (χ1v) is 6.57. The molecule has 0 bridgehead atoms. The zero-order chi connectivity index (χ0) is 12.5. The smallest absolute Gasteiger partial charge is 0.320 e. The van der Waals surface area contributed by atoms with Crippen LogP contribution in [0.2, 0.25) is 0 Å². The van der Waals surface area contributed by atoms with E-state index in [1.807, 2.05) is 6.92 Å². The lowest BCUT2D eigenvalue weighted by atomic mass is 10.2. The third-order valence-corrected chi connectivity index (χ3v) is 3.08. The maximum Gasteiger partial charge on any atom is 0.320 e. The van der Waals surface area contributed by atoms with Crippen molar-refractivity contribution in [3.8, 4) is 0 Å². The van der Waals surface area contributed by atoms with Crippen molar-refractivity contribution in [2.45, 2.75) is 30.8 Å². The van der Waals surface area contributed by atoms with E-state index in [2.05, 4.69) is 15.3 Å². The van der Waals surface area contributed by atoms with Gasteiger partial charge in [-0.25, -0.2) is 4.98 Å². The number of nitrogens with one attached hydrogen (secondary N) is 1. The number of thioether (sulfide) groups is 1. The van der Waals surface area contributed by atoms with Gasteiger partial charge in [-0.1, -0.05) is 6.92 Å². The second-order valence-electron chi connectivity index (χ2n) is 3.53.